The van der Waals surface area contributed by atoms with E-state index in [-0.39, 0.29) is 11.3 Å². The summed E-state index contributed by atoms with van der Waals surface area (Å²) < 4.78 is 16.0. The third-order valence-electron chi connectivity index (χ3n) is 3.91. The second-order valence-electron chi connectivity index (χ2n) is 5.90. The number of carbonyl (C=O) groups excluding carboxylic acids is 2. The summed E-state index contributed by atoms with van der Waals surface area (Å²) in [5.41, 5.74) is 1.33. The van der Waals surface area contributed by atoms with Crippen molar-refractivity contribution in [3.8, 4) is 17.2 Å². The molecule has 0 fully saturated rings. The van der Waals surface area contributed by atoms with Gasteiger partial charge in [-0.25, -0.2) is 4.79 Å². The first-order valence-corrected chi connectivity index (χ1v) is 8.15. The standard InChI is InChI=1S/C19H19NO6/c1-11-3-4-13(9-15(11)21)19(23)26-12(2)18(22)20-14-5-6-16-17(10-14)25-8-7-24-16/h3-6,9-10,12,21H,7-8H2,1-2H3,(H,20,22). The second kappa shape index (κ2) is 7.35. The highest BCUT2D eigenvalue weighted by Gasteiger charge is 2.20. The monoisotopic (exact) mass is 357 g/mol. The molecular formula is C19H19NO6. The average Bonchev–Trinajstić information content (AvgIpc) is 2.63. The molecule has 0 aromatic heterocycles. The van der Waals surface area contributed by atoms with E-state index in [2.05, 4.69) is 5.32 Å². The lowest BCUT2D eigenvalue weighted by molar-refractivity contribution is -0.123. The molecule has 7 nitrogen and oxygen atoms in total. The molecule has 1 atom stereocenters. The zero-order valence-electron chi connectivity index (χ0n) is 14.4. The molecule has 3 rings (SSSR count). The lowest BCUT2D eigenvalue weighted by atomic mass is 10.1. The van der Waals surface area contributed by atoms with Crippen LogP contribution in [0, 0.1) is 6.92 Å². The maximum Gasteiger partial charge on any atom is 0.339 e. The van der Waals surface area contributed by atoms with E-state index >= 15 is 0 Å². The van der Waals surface area contributed by atoms with E-state index < -0.39 is 18.0 Å². The van der Waals surface area contributed by atoms with Crippen LogP contribution in [0.1, 0.15) is 22.8 Å². The minimum atomic E-state index is -1.01. The van der Waals surface area contributed by atoms with Crippen molar-refractivity contribution >= 4 is 17.6 Å². The van der Waals surface area contributed by atoms with Gasteiger partial charge in [-0.1, -0.05) is 6.07 Å². The van der Waals surface area contributed by atoms with Crippen LogP contribution in [-0.4, -0.2) is 36.3 Å². The minimum Gasteiger partial charge on any atom is -0.508 e. The van der Waals surface area contributed by atoms with E-state index in [4.69, 9.17) is 14.2 Å². The molecule has 1 aliphatic rings. The predicted molar refractivity (Wildman–Crippen MR) is 93.8 cm³/mol. The predicted octanol–water partition coefficient (Wildman–Crippen LogP) is 2.66. The van der Waals surface area contributed by atoms with Gasteiger partial charge in [0.05, 0.1) is 5.56 Å². The quantitative estimate of drug-likeness (QED) is 0.817. The fourth-order valence-electron chi connectivity index (χ4n) is 2.38. The normalized spacial score (nSPS) is 13.6. The first-order valence-electron chi connectivity index (χ1n) is 8.15. The fraction of sp³-hybridized carbons (Fsp3) is 0.263. The molecule has 0 saturated carbocycles. The molecule has 0 bridgehead atoms. The summed E-state index contributed by atoms with van der Waals surface area (Å²) in [7, 11) is 0. The van der Waals surface area contributed by atoms with E-state index in [1.165, 1.54) is 19.1 Å². The number of fused-ring (bicyclic) bond motifs is 1. The van der Waals surface area contributed by atoms with Gasteiger partial charge in [-0.2, -0.15) is 0 Å². The van der Waals surface area contributed by atoms with Gasteiger partial charge >= 0.3 is 5.97 Å². The van der Waals surface area contributed by atoms with Gasteiger partial charge in [0.25, 0.3) is 5.91 Å². The van der Waals surface area contributed by atoms with Crippen LogP contribution in [0.2, 0.25) is 0 Å². The molecule has 1 heterocycles. The number of rotatable bonds is 4. The van der Waals surface area contributed by atoms with Crippen LogP contribution >= 0.6 is 0 Å². The molecule has 1 unspecified atom stereocenters. The fourth-order valence-corrected chi connectivity index (χ4v) is 2.38. The third-order valence-corrected chi connectivity index (χ3v) is 3.91. The third kappa shape index (κ3) is 3.88. The summed E-state index contributed by atoms with van der Waals surface area (Å²) >= 11 is 0. The van der Waals surface area contributed by atoms with Gasteiger partial charge in [0, 0.05) is 11.8 Å². The van der Waals surface area contributed by atoms with Crippen molar-refractivity contribution in [3.05, 3.63) is 47.5 Å². The number of amides is 1. The number of hydrogen-bond donors (Lipinski definition) is 2. The molecule has 2 N–H and O–H groups in total. The molecule has 26 heavy (non-hydrogen) atoms. The highest BCUT2D eigenvalue weighted by molar-refractivity contribution is 5.97. The summed E-state index contributed by atoms with van der Waals surface area (Å²) in [6, 6.07) is 9.48. The van der Waals surface area contributed by atoms with Gasteiger partial charge in [0.1, 0.15) is 19.0 Å². The number of benzene rings is 2. The van der Waals surface area contributed by atoms with Crippen molar-refractivity contribution < 1.29 is 28.9 Å². The Morgan fingerprint density at radius 2 is 1.85 bits per heavy atom. The van der Waals surface area contributed by atoms with Crippen molar-refractivity contribution in [3.63, 3.8) is 0 Å². The minimum absolute atomic E-state index is 0.00664. The lowest BCUT2D eigenvalue weighted by Gasteiger charge is -2.19. The molecule has 2 aromatic rings. The molecule has 0 aliphatic carbocycles. The van der Waals surface area contributed by atoms with E-state index in [9.17, 15) is 14.7 Å². The van der Waals surface area contributed by atoms with Crippen LogP contribution in [0.3, 0.4) is 0 Å². The van der Waals surface area contributed by atoms with Crippen molar-refractivity contribution in [2.45, 2.75) is 20.0 Å². The van der Waals surface area contributed by atoms with Crippen LogP contribution in [0.15, 0.2) is 36.4 Å². The van der Waals surface area contributed by atoms with Crippen LogP contribution in [0.4, 0.5) is 5.69 Å². The summed E-state index contributed by atoms with van der Waals surface area (Å²) in [4.78, 5) is 24.4. The highest BCUT2D eigenvalue weighted by Crippen LogP contribution is 2.32. The molecule has 0 spiro atoms. The van der Waals surface area contributed by atoms with Gasteiger partial charge in [0.2, 0.25) is 0 Å². The topological polar surface area (TPSA) is 94.1 Å². The van der Waals surface area contributed by atoms with Crippen LogP contribution in [0.25, 0.3) is 0 Å². The van der Waals surface area contributed by atoms with Crippen LogP contribution in [-0.2, 0) is 9.53 Å². The Kier molecular flexibility index (Phi) is 4.97. The van der Waals surface area contributed by atoms with Crippen molar-refractivity contribution in [1.29, 1.82) is 0 Å². The number of esters is 1. The summed E-state index contributed by atoms with van der Waals surface area (Å²) in [6.07, 6.45) is -1.01. The number of ether oxygens (including phenoxy) is 3. The van der Waals surface area contributed by atoms with Gasteiger partial charge in [-0.3, -0.25) is 4.79 Å². The SMILES string of the molecule is Cc1ccc(C(=O)OC(C)C(=O)Nc2ccc3c(c2)OCCO3)cc1O. The number of aryl methyl sites for hydroxylation is 1. The lowest BCUT2D eigenvalue weighted by Crippen LogP contribution is -2.30. The average molecular weight is 357 g/mol. The Hall–Kier alpha value is -3.22. The molecule has 1 aliphatic heterocycles. The molecule has 7 heteroatoms. The number of phenolic OH excluding ortho intramolecular Hbond substituents is 1. The second-order valence-corrected chi connectivity index (χ2v) is 5.90. The number of hydrogen-bond acceptors (Lipinski definition) is 6. The summed E-state index contributed by atoms with van der Waals surface area (Å²) in [5.74, 6) is -0.00829. The molecule has 1 amide bonds. The molecule has 0 radical (unpaired) electrons. The van der Waals surface area contributed by atoms with Crippen molar-refractivity contribution in [2.24, 2.45) is 0 Å². The maximum atomic E-state index is 12.3. The smallest absolute Gasteiger partial charge is 0.339 e. The zero-order valence-corrected chi connectivity index (χ0v) is 14.4. The van der Waals surface area contributed by atoms with E-state index in [1.807, 2.05) is 0 Å². The first kappa shape index (κ1) is 17.6. The number of carbonyl (C=O) groups is 2. The maximum absolute atomic E-state index is 12.3. The molecular weight excluding hydrogens is 338 g/mol. The number of anilines is 1. The highest BCUT2D eigenvalue weighted by atomic mass is 16.6. The zero-order chi connectivity index (χ0) is 18.7. The Labute approximate surface area is 150 Å². The first-order chi connectivity index (χ1) is 12.4. The Balaban J connectivity index is 1.62. The Bertz CT molecular complexity index is 848. The number of aromatic hydroxyl groups is 1. The van der Waals surface area contributed by atoms with Crippen LogP contribution in [0.5, 0.6) is 17.2 Å². The van der Waals surface area contributed by atoms with E-state index in [1.54, 1.807) is 31.2 Å². The molecule has 136 valence electrons. The molecule has 2 aromatic carbocycles. The Morgan fingerprint density at radius 1 is 1.12 bits per heavy atom. The largest absolute Gasteiger partial charge is 0.508 e. The summed E-state index contributed by atoms with van der Waals surface area (Å²) in [6.45, 7) is 4.12. The van der Waals surface area contributed by atoms with Gasteiger partial charge < -0.3 is 24.6 Å². The van der Waals surface area contributed by atoms with Crippen molar-refractivity contribution in [1.82, 2.24) is 0 Å². The van der Waals surface area contributed by atoms with Gasteiger partial charge in [-0.15, -0.1) is 0 Å². The number of phenols is 1. The van der Waals surface area contributed by atoms with Gasteiger partial charge in [-0.05, 0) is 43.7 Å². The molecule has 0 saturated heterocycles. The Morgan fingerprint density at radius 3 is 2.58 bits per heavy atom. The van der Waals surface area contributed by atoms with Crippen molar-refractivity contribution in [2.75, 3.05) is 18.5 Å². The van der Waals surface area contributed by atoms with E-state index in [0.29, 0.717) is 36.0 Å². The van der Waals surface area contributed by atoms with E-state index in [0.717, 1.165) is 0 Å². The summed E-state index contributed by atoms with van der Waals surface area (Å²) in [5, 5.41) is 12.3. The van der Waals surface area contributed by atoms with Crippen LogP contribution < -0.4 is 14.8 Å². The number of nitrogens with one attached hydrogen (secondary N) is 1. The van der Waals surface area contributed by atoms with Gasteiger partial charge in [0.15, 0.2) is 17.6 Å².